The van der Waals surface area contributed by atoms with Crippen LogP contribution in [0.3, 0.4) is 0 Å². The molecule has 0 aromatic carbocycles. The van der Waals surface area contributed by atoms with E-state index in [-0.39, 0.29) is 30.1 Å². The molecular formula is C13H23N3O2. The van der Waals surface area contributed by atoms with Crippen LogP contribution >= 0.6 is 0 Å². The summed E-state index contributed by atoms with van der Waals surface area (Å²) in [7, 11) is 0. The van der Waals surface area contributed by atoms with E-state index in [1.165, 1.54) is 0 Å². The van der Waals surface area contributed by atoms with E-state index in [4.69, 9.17) is 15.7 Å². The highest BCUT2D eigenvalue weighted by Gasteiger charge is 2.41. The summed E-state index contributed by atoms with van der Waals surface area (Å²) in [4.78, 5) is 13.8. The second-order valence-corrected chi connectivity index (χ2v) is 6.03. The molecule has 1 fully saturated rings. The fraction of sp³-hybridized carbons (Fsp3) is 0.846. The lowest BCUT2D eigenvalue weighted by molar-refractivity contribution is -0.00832. The maximum atomic E-state index is 12.1. The van der Waals surface area contributed by atoms with Crippen LogP contribution in [0.1, 0.15) is 41.0 Å². The van der Waals surface area contributed by atoms with E-state index in [1.807, 2.05) is 34.6 Å². The lowest BCUT2D eigenvalue weighted by Crippen LogP contribution is -2.60. The molecule has 1 amide bonds. The van der Waals surface area contributed by atoms with Crippen molar-refractivity contribution in [1.82, 2.24) is 4.90 Å². The first-order valence-corrected chi connectivity index (χ1v) is 6.34. The average Bonchev–Trinajstić information content (AvgIpc) is 2.20. The molecular weight excluding hydrogens is 230 g/mol. The molecule has 2 N–H and O–H groups in total. The fourth-order valence-electron chi connectivity index (χ4n) is 2.36. The zero-order chi connectivity index (χ0) is 14.1. The summed E-state index contributed by atoms with van der Waals surface area (Å²) in [5, 5.41) is 9.04. The number of amides is 1. The van der Waals surface area contributed by atoms with Crippen LogP contribution in [-0.2, 0) is 4.74 Å². The number of carbonyl (C=O) groups excluding carboxylic acids is 1. The minimum atomic E-state index is -0.521. The maximum Gasteiger partial charge on any atom is 0.410 e. The molecule has 102 valence electrons. The van der Waals surface area contributed by atoms with E-state index in [0.29, 0.717) is 6.42 Å². The number of nitrogens with two attached hydrogens (primary N) is 1. The van der Waals surface area contributed by atoms with Gasteiger partial charge in [0.15, 0.2) is 0 Å². The van der Waals surface area contributed by atoms with Gasteiger partial charge in [0.05, 0.1) is 12.0 Å². The summed E-state index contributed by atoms with van der Waals surface area (Å²) < 4.78 is 5.38. The molecule has 1 heterocycles. The van der Waals surface area contributed by atoms with Crippen LogP contribution in [0.25, 0.3) is 0 Å². The van der Waals surface area contributed by atoms with Crippen molar-refractivity contribution in [3.8, 4) is 6.07 Å². The summed E-state index contributed by atoms with van der Waals surface area (Å²) in [5.74, 6) is -0.200. The van der Waals surface area contributed by atoms with E-state index >= 15 is 0 Å². The van der Waals surface area contributed by atoms with Crippen molar-refractivity contribution >= 4 is 6.09 Å². The molecule has 0 saturated carbocycles. The molecule has 1 saturated heterocycles. The number of ether oxygens (including phenoxy) is 1. The van der Waals surface area contributed by atoms with Crippen LogP contribution < -0.4 is 5.73 Å². The number of hydrogen-bond acceptors (Lipinski definition) is 4. The standard InChI is InChI=1S/C13H23N3O2/c1-8-6-10(7-14)11(15)9(2)16(8)12(17)18-13(3,4)5/h8-11H,6,15H2,1-5H3. The summed E-state index contributed by atoms with van der Waals surface area (Å²) in [6, 6.07) is 1.68. The van der Waals surface area contributed by atoms with E-state index in [1.54, 1.807) is 4.90 Å². The number of likely N-dealkylation sites (tertiary alicyclic amines) is 1. The molecule has 0 radical (unpaired) electrons. The predicted octanol–water partition coefficient (Wildman–Crippen LogP) is 1.87. The second kappa shape index (κ2) is 5.15. The molecule has 1 aliphatic rings. The number of hydrogen-bond donors (Lipinski definition) is 1. The van der Waals surface area contributed by atoms with Crippen LogP contribution in [0.2, 0.25) is 0 Å². The Morgan fingerprint density at radius 3 is 2.44 bits per heavy atom. The largest absolute Gasteiger partial charge is 0.444 e. The maximum absolute atomic E-state index is 12.1. The molecule has 1 aliphatic heterocycles. The lowest BCUT2D eigenvalue weighted by Gasteiger charge is -2.44. The number of carbonyl (C=O) groups is 1. The molecule has 0 aromatic heterocycles. The lowest BCUT2D eigenvalue weighted by atomic mass is 9.84. The minimum absolute atomic E-state index is 0.0284. The molecule has 0 aliphatic carbocycles. The van der Waals surface area contributed by atoms with Gasteiger partial charge in [0.2, 0.25) is 0 Å². The molecule has 1 rings (SSSR count). The zero-order valence-corrected chi connectivity index (χ0v) is 11.8. The first-order valence-electron chi connectivity index (χ1n) is 6.34. The Kier molecular flexibility index (Phi) is 4.23. The highest BCUT2D eigenvalue weighted by Crippen LogP contribution is 2.28. The molecule has 4 atom stereocenters. The predicted molar refractivity (Wildman–Crippen MR) is 68.7 cm³/mol. The van der Waals surface area contributed by atoms with Crippen LogP contribution in [0, 0.1) is 17.2 Å². The van der Waals surface area contributed by atoms with Crippen molar-refractivity contribution < 1.29 is 9.53 Å². The first-order chi connectivity index (χ1) is 8.17. The van der Waals surface area contributed by atoms with E-state index in [2.05, 4.69) is 6.07 Å². The first kappa shape index (κ1) is 14.8. The van der Waals surface area contributed by atoms with Gasteiger partial charge in [0, 0.05) is 18.1 Å². The van der Waals surface area contributed by atoms with Crippen molar-refractivity contribution in [1.29, 1.82) is 5.26 Å². The van der Waals surface area contributed by atoms with Gasteiger partial charge in [0.1, 0.15) is 5.60 Å². The normalized spacial score (nSPS) is 32.8. The summed E-state index contributed by atoms with van der Waals surface area (Å²) in [5.41, 5.74) is 5.49. The minimum Gasteiger partial charge on any atom is -0.444 e. The van der Waals surface area contributed by atoms with Gasteiger partial charge in [-0.1, -0.05) is 0 Å². The number of nitriles is 1. The van der Waals surface area contributed by atoms with Gasteiger partial charge >= 0.3 is 6.09 Å². The van der Waals surface area contributed by atoms with Gasteiger partial charge < -0.3 is 15.4 Å². The third kappa shape index (κ3) is 3.14. The molecule has 0 aromatic rings. The quantitative estimate of drug-likeness (QED) is 0.714. The van der Waals surface area contributed by atoms with Gasteiger partial charge in [-0.25, -0.2) is 4.79 Å². The van der Waals surface area contributed by atoms with Crippen LogP contribution in [-0.4, -0.2) is 34.7 Å². The Morgan fingerprint density at radius 1 is 1.44 bits per heavy atom. The molecule has 4 unspecified atom stereocenters. The molecule has 0 spiro atoms. The van der Waals surface area contributed by atoms with Crippen LogP contribution in [0.4, 0.5) is 4.79 Å². The Balaban J connectivity index is 2.83. The third-order valence-corrected chi connectivity index (χ3v) is 3.30. The Morgan fingerprint density at radius 2 is 2.00 bits per heavy atom. The highest BCUT2D eigenvalue weighted by molar-refractivity contribution is 5.69. The average molecular weight is 253 g/mol. The number of rotatable bonds is 0. The van der Waals surface area contributed by atoms with Gasteiger partial charge in [-0.2, -0.15) is 5.26 Å². The molecule has 5 nitrogen and oxygen atoms in total. The molecule has 18 heavy (non-hydrogen) atoms. The van der Waals surface area contributed by atoms with Crippen molar-refractivity contribution in [2.45, 2.75) is 64.8 Å². The van der Waals surface area contributed by atoms with Crippen molar-refractivity contribution in [3.63, 3.8) is 0 Å². The van der Waals surface area contributed by atoms with Gasteiger partial charge in [0.25, 0.3) is 0 Å². The Labute approximate surface area is 109 Å². The second-order valence-electron chi connectivity index (χ2n) is 6.03. The highest BCUT2D eigenvalue weighted by atomic mass is 16.6. The van der Waals surface area contributed by atoms with E-state index < -0.39 is 5.60 Å². The summed E-state index contributed by atoms with van der Waals surface area (Å²) in [6.45, 7) is 9.30. The number of nitrogens with zero attached hydrogens (tertiary/aromatic N) is 2. The third-order valence-electron chi connectivity index (χ3n) is 3.30. The topological polar surface area (TPSA) is 79.4 Å². The number of piperidine rings is 1. The smallest absolute Gasteiger partial charge is 0.410 e. The van der Waals surface area contributed by atoms with Crippen molar-refractivity contribution in [3.05, 3.63) is 0 Å². The van der Waals surface area contributed by atoms with Gasteiger partial charge in [-0.15, -0.1) is 0 Å². The van der Waals surface area contributed by atoms with Crippen molar-refractivity contribution in [2.75, 3.05) is 0 Å². The van der Waals surface area contributed by atoms with Crippen molar-refractivity contribution in [2.24, 2.45) is 11.7 Å². The fourth-order valence-corrected chi connectivity index (χ4v) is 2.36. The summed E-state index contributed by atoms with van der Waals surface area (Å²) in [6.07, 6.45) is 0.246. The monoisotopic (exact) mass is 253 g/mol. The van der Waals surface area contributed by atoms with E-state index in [9.17, 15) is 4.79 Å². The van der Waals surface area contributed by atoms with Gasteiger partial charge in [-0.05, 0) is 41.0 Å². The summed E-state index contributed by atoms with van der Waals surface area (Å²) >= 11 is 0. The Bertz CT molecular complexity index is 356. The molecule has 0 bridgehead atoms. The van der Waals surface area contributed by atoms with Crippen LogP contribution in [0.15, 0.2) is 0 Å². The van der Waals surface area contributed by atoms with E-state index in [0.717, 1.165) is 0 Å². The molecule has 5 heteroatoms. The van der Waals surface area contributed by atoms with Gasteiger partial charge in [-0.3, -0.25) is 0 Å². The zero-order valence-electron chi connectivity index (χ0n) is 11.8. The van der Waals surface area contributed by atoms with Crippen LogP contribution in [0.5, 0.6) is 0 Å². The Hall–Kier alpha value is -1.28. The SMILES string of the molecule is CC1CC(C#N)C(N)C(C)N1C(=O)OC(C)(C)C.